The van der Waals surface area contributed by atoms with Gasteiger partial charge in [-0.15, -0.1) is 0 Å². The molecule has 11 nitrogen and oxygen atoms in total. The van der Waals surface area contributed by atoms with E-state index in [1.165, 1.54) is 0 Å². The molecular weight excluding hydrogens is 633 g/mol. The van der Waals surface area contributed by atoms with E-state index in [4.69, 9.17) is 24.2 Å². The summed E-state index contributed by atoms with van der Waals surface area (Å²) in [5, 5.41) is 16.1. The Morgan fingerprint density at radius 3 is 2.48 bits per heavy atom. The van der Waals surface area contributed by atoms with Gasteiger partial charge in [0.15, 0.2) is 11.8 Å². The highest BCUT2D eigenvalue weighted by Gasteiger charge is 2.78. The van der Waals surface area contributed by atoms with E-state index in [0.29, 0.717) is 18.4 Å². The summed E-state index contributed by atoms with van der Waals surface area (Å²) in [7, 11) is 0. The van der Waals surface area contributed by atoms with Gasteiger partial charge in [-0.1, -0.05) is 18.2 Å². The largest absolute Gasteiger partial charge is 0.458 e. The summed E-state index contributed by atoms with van der Waals surface area (Å²) in [5.74, 6) is -1.21. The van der Waals surface area contributed by atoms with Crippen LogP contribution in [0, 0.1) is 20.8 Å². The van der Waals surface area contributed by atoms with Gasteiger partial charge in [-0.05, 0) is 59.9 Å². The van der Waals surface area contributed by atoms with Gasteiger partial charge in [0.25, 0.3) is 0 Å². The zero-order valence-electron chi connectivity index (χ0n) is 22.1. The van der Waals surface area contributed by atoms with Gasteiger partial charge in [-0.25, -0.2) is 0 Å². The molecule has 3 heterocycles. The Morgan fingerprint density at radius 1 is 1.05 bits per heavy atom. The maximum absolute atomic E-state index is 14.1. The molecule has 6 aliphatic rings. The van der Waals surface area contributed by atoms with Crippen LogP contribution in [0.4, 0.5) is 0 Å². The number of amides is 2. The maximum Gasteiger partial charge on any atom is 0.327 e. The van der Waals surface area contributed by atoms with Gasteiger partial charge in [-0.3, -0.25) is 19.2 Å². The SMILES string of the molecule is O=C(CCNC(=O)C12CC3OC(=O)C1N(Cc1ccccc1I)OC2C1OC(C2CC2)(C2CC2)OC31)NCCO. The van der Waals surface area contributed by atoms with Crippen molar-refractivity contribution in [2.24, 2.45) is 17.3 Å². The molecule has 0 aromatic heterocycles. The van der Waals surface area contributed by atoms with Crippen molar-refractivity contribution in [1.82, 2.24) is 15.7 Å². The van der Waals surface area contributed by atoms with Crippen LogP contribution in [0.1, 0.15) is 44.1 Å². The van der Waals surface area contributed by atoms with Gasteiger partial charge in [0.1, 0.15) is 29.8 Å². The van der Waals surface area contributed by atoms with Crippen molar-refractivity contribution in [1.29, 1.82) is 0 Å². The van der Waals surface area contributed by atoms with E-state index >= 15 is 0 Å². The lowest BCUT2D eigenvalue weighted by Gasteiger charge is -2.48. The molecule has 3 aliphatic heterocycles. The Labute approximate surface area is 245 Å². The lowest BCUT2D eigenvalue weighted by Crippen LogP contribution is -2.69. The van der Waals surface area contributed by atoms with E-state index < -0.39 is 47.6 Å². The van der Waals surface area contributed by atoms with Gasteiger partial charge < -0.3 is 30.0 Å². The van der Waals surface area contributed by atoms with Crippen molar-refractivity contribution in [3.63, 3.8) is 0 Å². The van der Waals surface area contributed by atoms with Crippen molar-refractivity contribution in [3.8, 4) is 0 Å². The minimum atomic E-state index is -1.25. The smallest absolute Gasteiger partial charge is 0.327 e. The molecule has 3 N–H and O–H groups in total. The maximum atomic E-state index is 14.1. The van der Waals surface area contributed by atoms with Crippen LogP contribution in [0.15, 0.2) is 24.3 Å². The monoisotopic (exact) mass is 667 g/mol. The number of carbonyl (C=O) groups excluding carboxylic acids is 3. The topological polar surface area (TPSA) is 136 Å². The number of ether oxygens (including phenoxy) is 3. The fraction of sp³-hybridized carbons (Fsp3) is 0.679. The minimum absolute atomic E-state index is 0.0515. The number of hydrogen-bond donors (Lipinski definition) is 3. The van der Waals surface area contributed by atoms with Crippen LogP contribution < -0.4 is 10.6 Å². The first-order valence-electron chi connectivity index (χ1n) is 14.3. The second-order valence-electron chi connectivity index (χ2n) is 11.8. The number of hydroxylamine groups is 2. The summed E-state index contributed by atoms with van der Waals surface area (Å²) < 4.78 is 20.6. The molecule has 216 valence electrons. The number of benzene rings is 1. The third kappa shape index (κ3) is 4.28. The highest BCUT2D eigenvalue weighted by molar-refractivity contribution is 14.1. The van der Waals surface area contributed by atoms with E-state index in [0.717, 1.165) is 34.8 Å². The number of esters is 1. The highest BCUT2D eigenvalue weighted by atomic mass is 127. The van der Waals surface area contributed by atoms with Crippen molar-refractivity contribution in [2.75, 3.05) is 19.7 Å². The fourth-order valence-electron chi connectivity index (χ4n) is 7.20. The molecule has 1 aromatic carbocycles. The van der Waals surface area contributed by atoms with Gasteiger partial charge in [0.2, 0.25) is 11.8 Å². The molecule has 1 aromatic rings. The molecule has 40 heavy (non-hydrogen) atoms. The van der Waals surface area contributed by atoms with E-state index in [2.05, 4.69) is 33.2 Å². The average Bonchev–Trinajstić information content (AvgIpc) is 3.88. The Hall–Kier alpha value is -1.84. The first-order valence-corrected chi connectivity index (χ1v) is 15.3. The third-order valence-electron chi connectivity index (χ3n) is 9.26. The second kappa shape index (κ2) is 10.2. The van der Waals surface area contributed by atoms with Crippen LogP contribution >= 0.6 is 22.6 Å². The van der Waals surface area contributed by atoms with Crippen LogP contribution in [-0.2, 0) is 40.0 Å². The molecule has 7 rings (SSSR count). The summed E-state index contributed by atoms with van der Waals surface area (Å²) in [5.41, 5.74) is -0.284. The quantitative estimate of drug-likeness (QED) is 0.247. The van der Waals surface area contributed by atoms with Crippen LogP contribution in [0.5, 0.6) is 0 Å². The Morgan fingerprint density at radius 2 is 1.77 bits per heavy atom. The molecule has 12 heteroatoms. The number of hydrogen-bond acceptors (Lipinski definition) is 9. The fourth-order valence-corrected chi connectivity index (χ4v) is 7.76. The molecule has 2 amide bonds. The highest BCUT2D eigenvalue weighted by Crippen LogP contribution is 2.63. The summed E-state index contributed by atoms with van der Waals surface area (Å²) >= 11 is 2.25. The molecule has 3 aliphatic carbocycles. The van der Waals surface area contributed by atoms with E-state index in [-0.39, 0.29) is 44.4 Å². The molecule has 6 unspecified atom stereocenters. The van der Waals surface area contributed by atoms with E-state index in [1.807, 2.05) is 24.3 Å². The van der Waals surface area contributed by atoms with Crippen LogP contribution in [0.3, 0.4) is 0 Å². The number of aliphatic hydroxyl groups excluding tert-OH is 1. The number of rotatable bonds is 10. The second-order valence-corrected chi connectivity index (χ2v) is 13.0. The van der Waals surface area contributed by atoms with E-state index in [9.17, 15) is 14.4 Å². The zero-order valence-corrected chi connectivity index (χ0v) is 24.2. The van der Waals surface area contributed by atoms with E-state index in [1.54, 1.807) is 5.06 Å². The van der Waals surface area contributed by atoms with Gasteiger partial charge in [0, 0.05) is 41.3 Å². The van der Waals surface area contributed by atoms with Crippen molar-refractivity contribution in [3.05, 3.63) is 33.4 Å². The summed E-state index contributed by atoms with van der Waals surface area (Å²) in [4.78, 5) is 46.5. The lowest BCUT2D eigenvalue weighted by atomic mass is 9.62. The number of aliphatic hydroxyl groups is 1. The van der Waals surface area contributed by atoms with Crippen LogP contribution in [0.2, 0.25) is 0 Å². The summed E-state index contributed by atoms with van der Waals surface area (Å²) in [6, 6.07) is 6.89. The molecule has 6 atom stereocenters. The standard InChI is InChI=1S/C28H34IN3O8/c29-18-4-2-1-3-15(18)14-32-23-25(35)37-19-13-27(23,26(36)31-10-9-20(34)30-11-12-33)24(40-32)22-21(19)38-28(39-22,16-5-6-16)17-7-8-17/h1-4,16-17,19,21-24,33H,5-14H2,(H,30,34)(H,31,36). The Balaban J connectivity index is 1.21. The van der Waals surface area contributed by atoms with Crippen LogP contribution in [-0.4, -0.2) is 83.9 Å². The van der Waals surface area contributed by atoms with Crippen molar-refractivity contribution < 1.29 is 38.5 Å². The number of nitrogens with zero attached hydrogens (tertiary/aromatic N) is 1. The minimum Gasteiger partial charge on any atom is -0.458 e. The first-order chi connectivity index (χ1) is 19.4. The van der Waals surface area contributed by atoms with Crippen molar-refractivity contribution >= 4 is 40.4 Å². The average molecular weight is 667 g/mol. The molecule has 6 fully saturated rings. The number of halogens is 1. The lowest BCUT2D eigenvalue weighted by molar-refractivity contribution is -0.235. The van der Waals surface area contributed by atoms with Gasteiger partial charge in [0.05, 0.1) is 13.2 Å². The van der Waals surface area contributed by atoms with Crippen LogP contribution in [0.25, 0.3) is 0 Å². The normalized spacial score (nSPS) is 35.6. The zero-order chi connectivity index (χ0) is 27.6. The number of fused-ring (bicyclic) bond motifs is 4. The number of nitrogens with one attached hydrogen (secondary N) is 2. The molecule has 2 bridgehead atoms. The van der Waals surface area contributed by atoms with Crippen molar-refractivity contribution in [2.45, 2.75) is 81.3 Å². The molecule has 3 saturated carbocycles. The first kappa shape index (κ1) is 27.0. The predicted molar refractivity (Wildman–Crippen MR) is 146 cm³/mol. The summed E-state index contributed by atoms with van der Waals surface area (Å²) in [6.45, 7) is 0.384. The van der Waals surface area contributed by atoms with Gasteiger partial charge >= 0.3 is 5.97 Å². The molecule has 0 spiro atoms. The molecule has 0 radical (unpaired) electrons. The predicted octanol–water partition coefficient (Wildman–Crippen LogP) is 1.01. The Kier molecular flexibility index (Phi) is 6.86. The Bertz CT molecular complexity index is 1200. The number of carbonyl (C=O) groups is 3. The third-order valence-corrected chi connectivity index (χ3v) is 10.3. The summed E-state index contributed by atoms with van der Waals surface area (Å²) in [6.07, 6.45) is 2.04. The van der Waals surface area contributed by atoms with Gasteiger partial charge in [-0.2, -0.15) is 5.06 Å². The molecular formula is C28H34IN3O8. The molecule has 3 saturated heterocycles.